The summed E-state index contributed by atoms with van der Waals surface area (Å²) in [7, 11) is 0. The van der Waals surface area contributed by atoms with Crippen LogP contribution in [0.2, 0.25) is 0 Å². The molecule has 0 aliphatic carbocycles. The first-order valence-corrected chi connectivity index (χ1v) is 7.54. The molecule has 3 nitrogen and oxygen atoms in total. The molecule has 1 aromatic rings. The largest absolute Gasteiger partial charge is 0.414 e. The van der Waals surface area contributed by atoms with Crippen molar-refractivity contribution in [2.24, 2.45) is 5.92 Å². The molecule has 1 unspecified atom stereocenters. The molecule has 0 radical (unpaired) electrons. The Balaban J connectivity index is 1.78. The highest BCUT2D eigenvalue weighted by atomic mass is 19.4. The molecular weight excluding hydrogens is 314 g/mol. The quantitative estimate of drug-likeness (QED) is 0.861. The molecule has 1 fully saturated rings. The molecule has 1 saturated heterocycles. The zero-order valence-corrected chi connectivity index (χ0v) is 12.5. The van der Waals surface area contributed by atoms with E-state index < -0.39 is 18.2 Å². The lowest BCUT2D eigenvalue weighted by Gasteiger charge is -2.34. The monoisotopic (exact) mass is 333 g/mol. The summed E-state index contributed by atoms with van der Waals surface area (Å²) in [5.74, 6) is -1.32. The van der Waals surface area contributed by atoms with Crippen molar-refractivity contribution in [1.29, 1.82) is 0 Å². The van der Waals surface area contributed by atoms with Crippen LogP contribution >= 0.6 is 0 Å². The molecule has 1 amide bonds. The molecule has 23 heavy (non-hydrogen) atoms. The van der Waals surface area contributed by atoms with E-state index in [1.165, 1.54) is 17.0 Å². The Labute approximate surface area is 131 Å². The average molecular weight is 333 g/mol. The van der Waals surface area contributed by atoms with E-state index in [-0.39, 0.29) is 44.1 Å². The van der Waals surface area contributed by atoms with Crippen molar-refractivity contribution in [2.75, 3.05) is 13.1 Å². The van der Waals surface area contributed by atoms with Gasteiger partial charge in [-0.3, -0.25) is 4.79 Å². The van der Waals surface area contributed by atoms with Crippen LogP contribution in [0.4, 0.5) is 17.6 Å². The smallest absolute Gasteiger partial charge is 0.383 e. The Morgan fingerprint density at radius 3 is 2.30 bits per heavy atom. The summed E-state index contributed by atoms with van der Waals surface area (Å²) in [6, 6.07) is 5.86. The fourth-order valence-corrected chi connectivity index (χ4v) is 2.79. The van der Waals surface area contributed by atoms with Gasteiger partial charge in [-0.05, 0) is 42.9 Å². The molecule has 1 aliphatic heterocycles. The second kappa shape index (κ2) is 7.29. The summed E-state index contributed by atoms with van der Waals surface area (Å²) in [6.45, 7) is 0.445. The van der Waals surface area contributed by atoms with Gasteiger partial charge < -0.3 is 10.0 Å². The Kier molecular flexibility index (Phi) is 5.62. The summed E-state index contributed by atoms with van der Waals surface area (Å²) >= 11 is 0. The van der Waals surface area contributed by atoms with Crippen molar-refractivity contribution in [3.05, 3.63) is 35.6 Å². The molecule has 0 bridgehead atoms. The number of nitrogens with zero attached hydrogens (tertiary/aromatic N) is 1. The third-order valence-electron chi connectivity index (χ3n) is 4.22. The average Bonchev–Trinajstić information content (AvgIpc) is 2.52. The highest BCUT2D eigenvalue weighted by Crippen LogP contribution is 2.31. The Morgan fingerprint density at radius 2 is 1.78 bits per heavy atom. The lowest BCUT2D eigenvalue weighted by molar-refractivity contribution is -0.222. The number of rotatable bonds is 4. The lowest BCUT2D eigenvalue weighted by Crippen LogP contribution is -2.45. The van der Waals surface area contributed by atoms with E-state index in [1.54, 1.807) is 12.1 Å². The van der Waals surface area contributed by atoms with Crippen molar-refractivity contribution in [3.63, 3.8) is 0 Å². The summed E-state index contributed by atoms with van der Waals surface area (Å²) in [4.78, 5) is 13.6. The maximum Gasteiger partial charge on any atom is 0.414 e. The van der Waals surface area contributed by atoms with Crippen molar-refractivity contribution in [2.45, 2.75) is 38.0 Å². The Bertz CT molecular complexity index is 522. The number of carbonyl (C=O) groups excluding carboxylic acids is 1. The van der Waals surface area contributed by atoms with Crippen LogP contribution in [0.5, 0.6) is 0 Å². The molecule has 1 N–H and O–H groups in total. The molecule has 0 spiro atoms. The van der Waals surface area contributed by atoms with Crippen LogP contribution < -0.4 is 0 Å². The van der Waals surface area contributed by atoms with Gasteiger partial charge in [-0.15, -0.1) is 0 Å². The van der Waals surface area contributed by atoms with E-state index in [0.717, 1.165) is 5.56 Å². The first-order valence-electron chi connectivity index (χ1n) is 7.54. The second-order valence-corrected chi connectivity index (χ2v) is 5.83. The van der Waals surface area contributed by atoms with Crippen molar-refractivity contribution >= 4 is 5.91 Å². The molecule has 1 atom stereocenters. The highest BCUT2D eigenvalue weighted by molar-refractivity contribution is 5.76. The van der Waals surface area contributed by atoms with Gasteiger partial charge in [0.05, 0.1) is 0 Å². The summed E-state index contributed by atoms with van der Waals surface area (Å²) < 4.78 is 50.2. The predicted octanol–water partition coefficient (Wildman–Crippen LogP) is 2.92. The van der Waals surface area contributed by atoms with Crippen molar-refractivity contribution in [3.8, 4) is 0 Å². The van der Waals surface area contributed by atoms with Gasteiger partial charge in [-0.2, -0.15) is 13.2 Å². The fraction of sp³-hybridized carbons (Fsp3) is 0.562. The van der Waals surface area contributed by atoms with Gasteiger partial charge in [0.1, 0.15) is 5.82 Å². The number of alkyl halides is 3. The topological polar surface area (TPSA) is 40.5 Å². The van der Waals surface area contributed by atoms with Gasteiger partial charge in [0.25, 0.3) is 0 Å². The number of piperidine rings is 1. The fourth-order valence-electron chi connectivity index (χ4n) is 2.79. The van der Waals surface area contributed by atoms with Crippen molar-refractivity contribution < 1.29 is 27.5 Å². The van der Waals surface area contributed by atoms with E-state index in [1.807, 2.05) is 0 Å². The summed E-state index contributed by atoms with van der Waals surface area (Å²) in [5.41, 5.74) is 0.835. The predicted molar refractivity (Wildman–Crippen MR) is 76.1 cm³/mol. The number of halogens is 4. The molecular formula is C16H19F4NO2. The van der Waals surface area contributed by atoms with E-state index in [2.05, 4.69) is 0 Å². The van der Waals surface area contributed by atoms with Crippen LogP contribution in [-0.2, 0) is 11.2 Å². The van der Waals surface area contributed by atoms with Crippen molar-refractivity contribution in [1.82, 2.24) is 4.90 Å². The second-order valence-electron chi connectivity index (χ2n) is 5.83. The minimum absolute atomic E-state index is 0.130. The minimum Gasteiger partial charge on any atom is -0.383 e. The molecule has 1 heterocycles. The lowest BCUT2D eigenvalue weighted by atomic mass is 9.90. The summed E-state index contributed by atoms with van der Waals surface area (Å²) in [5, 5.41) is 9.25. The SMILES string of the molecule is O=C(CCc1ccc(F)cc1)N1CCC(C(O)C(F)(F)F)CC1. The number of hydrogen-bond donors (Lipinski definition) is 1. The maximum absolute atomic E-state index is 12.8. The Hall–Kier alpha value is -1.63. The molecule has 2 rings (SSSR count). The van der Waals surface area contributed by atoms with Gasteiger partial charge in [0.2, 0.25) is 5.91 Å². The summed E-state index contributed by atoms with van der Waals surface area (Å²) in [6.07, 6.45) is -5.95. The third-order valence-corrected chi connectivity index (χ3v) is 4.22. The van der Waals surface area contributed by atoms with E-state index in [4.69, 9.17) is 0 Å². The number of likely N-dealkylation sites (tertiary alicyclic amines) is 1. The van der Waals surface area contributed by atoms with Crippen LogP contribution in [0.25, 0.3) is 0 Å². The van der Waals surface area contributed by atoms with Gasteiger partial charge in [-0.25, -0.2) is 4.39 Å². The molecule has 1 aliphatic rings. The number of aryl methyl sites for hydroxylation is 1. The van der Waals surface area contributed by atoms with E-state index in [0.29, 0.717) is 6.42 Å². The first-order chi connectivity index (χ1) is 10.8. The maximum atomic E-state index is 12.8. The first kappa shape index (κ1) is 17.7. The number of benzene rings is 1. The van der Waals surface area contributed by atoms with E-state index in [9.17, 15) is 27.5 Å². The number of amides is 1. The highest BCUT2D eigenvalue weighted by Gasteiger charge is 2.44. The molecule has 128 valence electrons. The Morgan fingerprint density at radius 1 is 1.22 bits per heavy atom. The normalized spacial score (nSPS) is 18.0. The van der Waals surface area contributed by atoms with Gasteiger partial charge in [0.15, 0.2) is 6.10 Å². The number of aliphatic hydroxyl groups is 1. The minimum atomic E-state index is -4.61. The zero-order valence-electron chi connectivity index (χ0n) is 12.5. The van der Waals surface area contributed by atoms with Crippen LogP contribution in [0.15, 0.2) is 24.3 Å². The van der Waals surface area contributed by atoms with Crippen LogP contribution in [0, 0.1) is 11.7 Å². The van der Waals surface area contributed by atoms with Gasteiger partial charge in [0, 0.05) is 19.5 Å². The number of hydrogen-bond acceptors (Lipinski definition) is 2. The standard InChI is InChI=1S/C16H19F4NO2/c17-13-4-1-11(2-5-13)3-6-14(22)21-9-7-12(8-10-21)15(23)16(18,19)20/h1-2,4-5,12,15,23H,3,6-10H2. The molecule has 0 aromatic heterocycles. The van der Waals surface area contributed by atoms with Crippen LogP contribution in [0.1, 0.15) is 24.8 Å². The number of carbonyl (C=O) groups is 1. The van der Waals surface area contributed by atoms with Gasteiger partial charge in [-0.1, -0.05) is 12.1 Å². The third kappa shape index (κ3) is 4.92. The molecule has 0 saturated carbocycles. The molecule has 1 aromatic carbocycles. The van der Waals surface area contributed by atoms with E-state index >= 15 is 0 Å². The van der Waals surface area contributed by atoms with Gasteiger partial charge >= 0.3 is 6.18 Å². The van der Waals surface area contributed by atoms with Crippen LogP contribution in [0.3, 0.4) is 0 Å². The number of aliphatic hydroxyl groups excluding tert-OH is 1. The van der Waals surface area contributed by atoms with Crippen LogP contribution in [-0.4, -0.2) is 41.3 Å². The zero-order chi connectivity index (χ0) is 17.0. The molecule has 7 heteroatoms.